The van der Waals surface area contributed by atoms with Crippen molar-refractivity contribution in [3.63, 3.8) is 0 Å². The maximum absolute atomic E-state index is 12.0. The summed E-state index contributed by atoms with van der Waals surface area (Å²) in [7, 11) is 1.58. The van der Waals surface area contributed by atoms with Gasteiger partial charge in [-0.1, -0.05) is 13.8 Å². The van der Waals surface area contributed by atoms with E-state index in [9.17, 15) is 4.79 Å². The Labute approximate surface area is 161 Å². The van der Waals surface area contributed by atoms with Gasteiger partial charge in [-0.15, -0.1) is 0 Å². The fraction of sp³-hybridized carbons (Fsp3) is 0.333. The summed E-state index contributed by atoms with van der Waals surface area (Å²) < 4.78 is 11.9. The number of rotatable bonds is 5. The summed E-state index contributed by atoms with van der Waals surface area (Å²) in [4.78, 5) is 22.7. The third-order valence-electron chi connectivity index (χ3n) is 3.43. The minimum absolute atomic E-state index is 0.0649. The maximum Gasteiger partial charge on any atom is 0.415 e. The second-order valence-electron chi connectivity index (χ2n) is 5.25. The Kier molecular flexibility index (Phi) is 7.83. The van der Waals surface area contributed by atoms with Crippen LogP contribution in [0.1, 0.15) is 13.8 Å². The fourth-order valence-electron chi connectivity index (χ4n) is 2.18. The van der Waals surface area contributed by atoms with Crippen LogP contribution in [0.25, 0.3) is 0 Å². The molecule has 0 spiro atoms. The molecule has 7 nitrogen and oxygen atoms in total. The largest absolute Gasteiger partial charge is 0.471 e. The van der Waals surface area contributed by atoms with Crippen LogP contribution in [-0.4, -0.2) is 42.3 Å². The molecule has 2 heterocycles. The molecule has 0 atom stereocenters. The standard InChI is InChI=1S/C16H16BrN3O4.C2H6/c1-22-19-12-3-5-13(6-4-12)24-16(21)20-9-14(10-20)23-15-7-2-11(17)8-18-15;1-2/h2-8,14,19H,9-10H2,1H3;1-2H3/p+1. The molecule has 1 aliphatic rings. The van der Waals surface area contributed by atoms with Gasteiger partial charge < -0.3 is 14.4 Å². The smallest absolute Gasteiger partial charge is 0.415 e. The summed E-state index contributed by atoms with van der Waals surface area (Å²) in [5.74, 6) is 1.04. The van der Waals surface area contributed by atoms with Gasteiger partial charge in [-0.25, -0.2) is 14.6 Å². The topological polar surface area (TPSA) is 77.5 Å². The minimum Gasteiger partial charge on any atom is -0.471 e. The summed E-state index contributed by atoms with van der Waals surface area (Å²) in [6, 6.07) is 10.7. The van der Waals surface area contributed by atoms with Gasteiger partial charge in [0.25, 0.3) is 0 Å². The quantitative estimate of drug-likeness (QED) is 0.589. The molecule has 8 heteroatoms. The molecular formula is C18H23BrN3O4+. The van der Waals surface area contributed by atoms with Crippen LogP contribution in [-0.2, 0) is 4.84 Å². The number of pyridine rings is 1. The monoisotopic (exact) mass is 424 g/mol. The maximum atomic E-state index is 12.0. The summed E-state index contributed by atoms with van der Waals surface area (Å²) >= 11 is 3.32. The average molecular weight is 425 g/mol. The van der Waals surface area contributed by atoms with Crippen LogP contribution in [0, 0.1) is 0 Å². The average Bonchev–Trinajstić information content (AvgIpc) is 2.63. The van der Waals surface area contributed by atoms with Crippen LogP contribution in [0.3, 0.4) is 0 Å². The molecule has 26 heavy (non-hydrogen) atoms. The van der Waals surface area contributed by atoms with Crippen molar-refractivity contribution >= 4 is 27.7 Å². The zero-order chi connectivity index (χ0) is 18.9. The second-order valence-corrected chi connectivity index (χ2v) is 6.17. The molecule has 1 aromatic carbocycles. The van der Waals surface area contributed by atoms with E-state index in [0.717, 1.165) is 10.2 Å². The number of quaternary nitrogens is 1. The summed E-state index contributed by atoms with van der Waals surface area (Å²) in [6.07, 6.45) is 1.22. The van der Waals surface area contributed by atoms with E-state index in [1.54, 1.807) is 41.9 Å². The number of nitrogens with zero attached hydrogens (tertiary/aromatic N) is 2. The normalized spacial score (nSPS) is 13.3. The van der Waals surface area contributed by atoms with Crippen LogP contribution < -0.4 is 15.0 Å². The van der Waals surface area contributed by atoms with E-state index >= 15 is 0 Å². The minimum atomic E-state index is -0.387. The van der Waals surface area contributed by atoms with Crippen molar-refractivity contribution in [2.75, 3.05) is 20.2 Å². The van der Waals surface area contributed by atoms with E-state index in [-0.39, 0.29) is 12.2 Å². The number of benzene rings is 1. The molecule has 140 valence electrons. The van der Waals surface area contributed by atoms with Crippen molar-refractivity contribution in [2.24, 2.45) is 0 Å². The summed E-state index contributed by atoms with van der Waals surface area (Å²) in [5, 5.41) is 0. The zero-order valence-corrected chi connectivity index (χ0v) is 16.6. The lowest BCUT2D eigenvalue weighted by Gasteiger charge is -2.37. The van der Waals surface area contributed by atoms with Crippen LogP contribution in [0.5, 0.6) is 11.6 Å². The number of halogens is 1. The second kappa shape index (κ2) is 10.1. The first-order valence-corrected chi connectivity index (χ1v) is 9.14. The van der Waals surface area contributed by atoms with Crippen molar-refractivity contribution in [1.82, 2.24) is 9.88 Å². The number of hydrogen-bond acceptors (Lipinski definition) is 5. The van der Waals surface area contributed by atoms with Gasteiger partial charge in [0.15, 0.2) is 5.69 Å². The number of ether oxygens (including phenoxy) is 2. The molecule has 0 radical (unpaired) electrons. The lowest BCUT2D eigenvalue weighted by atomic mass is 10.2. The predicted octanol–water partition coefficient (Wildman–Crippen LogP) is 2.89. The molecule has 0 bridgehead atoms. The molecule has 1 aromatic heterocycles. The van der Waals surface area contributed by atoms with Crippen molar-refractivity contribution in [2.45, 2.75) is 20.0 Å². The number of nitrogens with two attached hydrogens (primary N) is 1. The number of hydrogen-bond donors (Lipinski definition) is 1. The van der Waals surface area contributed by atoms with Crippen molar-refractivity contribution < 1.29 is 24.6 Å². The highest BCUT2D eigenvalue weighted by Gasteiger charge is 2.34. The van der Waals surface area contributed by atoms with Crippen LogP contribution in [0.15, 0.2) is 47.1 Å². The van der Waals surface area contributed by atoms with E-state index in [1.165, 1.54) is 0 Å². The first-order chi connectivity index (χ1) is 12.6. The Morgan fingerprint density at radius 3 is 2.46 bits per heavy atom. The molecule has 0 aliphatic carbocycles. The molecule has 1 fully saturated rings. The SMILES string of the molecule is CC.CO[NH2+]c1ccc(OC(=O)N2CC(Oc3ccc(Br)cn3)C2)cc1. The van der Waals surface area contributed by atoms with Crippen molar-refractivity contribution in [3.05, 3.63) is 47.1 Å². The highest BCUT2D eigenvalue weighted by Crippen LogP contribution is 2.20. The highest BCUT2D eigenvalue weighted by atomic mass is 79.9. The molecule has 2 N–H and O–H groups in total. The first kappa shape index (κ1) is 20.2. The Hall–Kier alpha value is -2.16. The van der Waals surface area contributed by atoms with Crippen LogP contribution in [0.2, 0.25) is 0 Å². The molecule has 2 aromatic rings. The van der Waals surface area contributed by atoms with Gasteiger partial charge in [0.1, 0.15) is 11.9 Å². The Balaban J connectivity index is 0.00000117. The third-order valence-corrected chi connectivity index (χ3v) is 3.90. The van der Waals surface area contributed by atoms with E-state index in [4.69, 9.17) is 14.3 Å². The van der Waals surface area contributed by atoms with Gasteiger partial charge in [0.05, 0.1) is 20.2 Å². The van der Waals surface area contributed by atoms with Crippen LogP contribution in [0.4, 0.5) is 10.5 Å². The lowest BCUT2D eigenvalue weighted by molar-refractivity contribution is -0.830. The van der Waals surface area contributed by atoms with Crippen molar-refractivity contribution in [1.29, 1.82) is 0 Å². The molecular weight excluding hydrogens is 402 g/mol. The number of aromatic nitrogens is 1. The van der Waals surface area contributed by atoms with E-state index < -0.39 is 0 Å². The van der Waals surface area contributed by atoms with Gasteiger partial charge in [-0.3, -0.25) is 0 Å². The van der Waals surface area contributed by atoms with E-state index in [1.807, 2.05) is 32.0 Å². The van der Waals surface area contributed by atoms with Gasteiger partial charge in [0.2, 0.25) is 5.88 Å². The van der Waals surface area contributed by atoms with E-state index in [0.29, 0.717) is 24.7 Å². The Bertz CT molecular complexity index is 689. The molecule has 1 amide bonds. The van der Waals surface area contributed by atoms with Crippen LogP contribution >= 0.6 is 15.9 Å². The number of amides is 1. The number of carbonyl (C=O) groups is 1. The summed E-state index contributed by atoms with van der Waals surface area (Å²) in [6.45, 7) is 4.96. The van der Waals surface area contributed by atoms with Gasteiger partial charge in [0, 0.05) is 28.9 Å². The van der Waals surface area contributed by atoms with Gasteiger partial charge >= 0.3 is 6.09 Å². The highest BCUT2D eigenvalue weighted by molar-refractivity contribution is 9.10. The van der Waals surface area contributed by atoms with Crippen molar-refractivity contribution in [3.8, 4) is 11.6 Å². The van der Waals surface area contributed by atoms with E-state index in [2.05, 4.69) is 20.9 Å². The molecule has 1 aliphatic heterocycles. The Morgan fingerprint density at radius 1 is 1.19 bits per heavy atom. The van der Waals surface area contributed by atoms with Gasteiger partial charge in [-0.05, 0) is 34.1 Å². The molecule has 0 unspecified atom stereocenters. The summed E-state index contributed by atoms with van der Waals surface area (Å²) in [5.41, 5.74) is 2.51. The Morgan fingerprint density at radius 2 is 1.88 bits per heavy atom. The number of likely N-dealkylation sites (tertiary alicyclic amines) is 1. The van der Waals surface area contributed by atoms with Gasteiger partial charge in [-0.2, -0.15) is 5.48 Å². The first-order valence-electron chi connectivity index (χ1n) is 8.35. The molecule has 3 rings (SSSR count). The predicted molar refractivity (Wildman–Crippen MR) is 100 cm³/mol. The number of carbonyl (C=O) groups excluding carboxylic acids is 1. The third kappa shape index (κ3) is 5.69. The zero-order valence-electron chi connectivity index (χ0n) is 15.0. The fourth-order valence-corrected chi connectivity index (χ4v) is 2.41. The lowest BCUT2D eigenvalue weighted by Crippen LogP contribution is -2.75. The molecule has 1 saturated heterocycles. The molecule has 0 saturated carbocycles.